The molecule has 0 aromatic heterocycles. The van der Waals surface area contributed by atoms with E-state index in [0.717, 1.165) is 55.9 Å². The van der Waals surface area contributed by atoms with Gasteiger partial charge in [0.05, 0.1) is 38.1 Å². The minimum Gasteiger partial charge on any atom is -0.508 e. The third-order valence-corrected chi connectivity index (χ3v) is 4.55. The van der Waals surface area contributed by atoms with Crippen LogP contribution in [0.1, 0.15) is 16.7 Å². The fourth-order valence-electron chi connectivity index (χ4n) is 3.09. The SMILES string of the molecule is C=CCNc1c(CC2CO2)cc(O)c(CC2CO2)c1CC1CO1. The van der Waals surface area contributed by atoms with Crippen LogP contribution >= 0.6 is 0 Å². The molecule has 4 rings (SSSR count). The van der Waals surface area contributed by atoms with Crippen LogP contribution in [0.15, 0.2) is 18.7 Å². The van der Waals surface area contributed by atoms with Crippen molar-refractivity contribution in [1.82, 2.24) is 0 Å². The number of hydrogen-bond acceptors (Lipinski definition) is 5. The Morgan fingerprint density at radius 1 is 1.04 bits per heavy atom. The summed E-state index contributed by atoms with van der Waals surface area (Å²) in [4.78, 5) is 0. The Morgan fingerprint density at radius 3 is 2.17 bits per heavy atom. The lowest BCUT2D eigenvalue weighted by Gasteiger charge is -2.20. The third kappa shape index (κ3) is 3.68. The maximum absolute atomic E-state index is 10.6. The smallest absolute Gasteiger partial charge is 0.119 e. The van der Waals surface area contributed by atoms with Gasteiger partial charge < -0.3 is 24.6 Å². The highest BCUT2D eigenvalue weighted by molar-refractivity contribution is 5.65. The zero-order chi connectivity index (χ0) is 15.8. The molecule has 3 heterocycles. The van der Waals surface area contributed by atoms with Gasteiger partial charge in [0.15, 0.2) is 0 Å². The van der Waals surface area contributed by atoms with Crippen LogP contribution in [0.25, 0.3) is 0 Å². The van der Waals surface area contributed by atoms with Gasteiger partial charge in [-0.3, -0.25) is 0 Å². The number of phenolic OH excluding ortho intramolecular Hbond substituents is 1. The largest absolute Gasteiger partial charge is 0.508 e. The van der Waals surface area contributed by atoms with Crippen molar-refractivity contribution in [2.75, 3.05) is 31.7 Å². The highest BCUT2D eigenvalue weighted by atomic mass is 16.6. The lowest BCUT2D eigenvalue weighted by Crippen LogP contribution is -2.13. The van der Waals surface area contributed by atoms with E-state index in [1.807, 2.05) is 12.1 Å². The molecule has 5 nitrogen and oxygen atoms in total. The lowest BCUT2D eigenvalue weighted by molar-refractivity contribution is 0.395. The zero-order valence-electron chi connectivity index (χ0n) is 13.2. The van der Waals surface area contributed by atoms with Crippen LogP contribution in [-0.4, -0.2) is 49.8 Å². The molecule has 3 atom stereocenters. The maximum Gasteiger partial charge on any atom is 0.119 e. The standard InChI is InChI=1S/C18H23NO4/c1-2-3-19-18-11(4-12-8-21-12)5-17(20)15(6-13-9-22-13)16(18)7-14-10-23-14/h2,5,12-14,19-20H,1,3-4,6-10H2. The Morgan fingerprint density at radius 2 is 1.61 bits per heavy atom. The molecule has 1 aromatic rings. The second kappa shape index (κ2) is 6.15. The number of nitrogens with one attached hydrogen (secondary N) is 1. The van der Waals surface area contributed by atoms with Crippen LogP contribution in [-0.2, 0) is 33.5 Å². The number of hydrogen-bond donors (Lipinski definition) is 2. The molecule has 0 bridgehead atoms. The molecule has 0 radical (unpaired) electrons. The molecule has 124 valence electrons. The summed E-state index contributed by atoms with van der Waals surface area (Å²) in [5, 5.41) is 14.1. The summed E-state index contributed by atoms with van der Waals surface area (Å²) >= 11 is 0. The van der Waals surface area contributed by atoms with E-state index in [9.17, 15) is 5.11 Å². The first-order valence-corrected chi connectivity index (χ1v) is 8.30. The van der Waals surface area contributed by atoms with Crippen molar-refractivity contribution in [3.63, 3.8) is 0 Å². The average Bonchev–Trinajstić information content (AvgIpc) is 3.32. The van der Waals surface area contributed by atoms with E-state index in [1.54, 1.807) is 0 Å². The van der Waals surface area contributed by atoms with Crippen molar-refractivity contribution >= 4 is 5.69 Å². The Bertz CT molecular complexity index is 604. The lowest BCUT2D eigenvalue weighted by atomic mass is 9.91. The topological polar surface area (TPSA) is 69.8 Å². The van der Waals surface area contributed by atoms with Gasteiger partial charge in [-0.2, -0.15) is 0 Å². The fraction of sp³-hybridized carbons (Fsp3) is 0.556. The van der Waals surface area contributed by atoms with Crippen LogP contribution in [0.3, 0.4) is 0 Å². The highest BCUT2D eigenvalue weighted by Gasteiger charge is 2.32. The molecule has 1 aromatic carbocycles. The van der Waals surface area contributed by atoms with Gasteiger partial charge in [-0.25, -0.2) is 0 Å². The van der Waals surface area contributed by atoms with E-state index in [2.05, 4.69) is 11.9 Å². The van der Waals surface area contributed by atoms with Crippen LogP contribution in [0.2, 0.25) is 0 Å². The predicted molar refractivity (Wildman–Crippen MR) is 87.1 cm³/mol. The molecule has 5 heteroatoms. The van der Waals surface area contributed by atoms with Crippen molar-refractivity contribution in [2.24, 2.45) is 0 Å². The molecule has 0 spiro atoms. The summed E-state index contributed by atoms with van der Waals surface area (Å²) in [5.74, 6) is 0.371. The number of epoxide rings is 3. The number of rotatable bonds is 9. The zero-order valence-corrected chi connectivity index (χ0v) is 13.2. The summed E-state index contributed by atoms with van der Waals surface area (Å²) in [5.41, 5.74) is 4.39. The molecule has 3 aliphatic rings. The number of benzene rings is 1. The number of anilines is 1. The van der Waals surface area contributed by atoms with E-state index in [-0.39, 0.29) is 18.3 Å². The monoisotopic (exact) mass is 317 g/mol. The van der Waals surface area contributed by atoms with Crippen molar-refractivity contribution in [3.8, 4) is 5.75 Å². The fourth-order valence-corrected chi connectivity index (χ4v) is 3.09. The van der Waals surface area contributed by atoms with E-state index >= 15 is 0 Å². The molecule has 3 unspecified atom stereocenters. The normalized spacial score (nSPS) is 27.6. The van der Waals surface area contributed by atoms with E-state index in [1.165, 1.54) is 5.56 Å². The van der Waals surface area contributed by atoms with Gasteiger partial charge in [0.2, 0.25) is 0 Å². The van der Waals surface area contributed by atoms with Gasteiger partial charge in [-0.05, 0) is 17.2 Å². The van der Waals surface area contributed by atoms with Gasteiger partial charge in [0, 0.05) is 37.1 Å². The molecule has 23 heavy (non-hydrogen) atoms. The second-order valence-corrected chi connectivity index (χ2v) is 6.53. The quantitative estimate of drug-likeness (QED) is 0.413. The Balaban J connectivity index is 1.71. The Labute approximate surface area is 136 Å². The molecule has 0 amide bonds. The number of aromatic hydroxyl groups is 1. The Hall–Kier alpha value is -1.56. The van der Waals surface area contributed by atoms with Gasteiger partial charge in [0.25, 0.3) is 0 Å². The first kappa shape index (κ1) is 15.0. The number of ether oxygens (including phenoxy) is 3. The summed E-state index contributed by atoms with van der Waals surface area (Å²) < 4.78 is 16.2. The van der Waals surface area contributed by atoms with Gasteiger partial charge in [-0.15, -0.1) is 6.58 Å². The first-order valence-electron chi connectivity index (χ1n) is 8.30. The van der Waals surface area contributed by atoms with Crippen LogP contribution in [0, 0.1) is 0 Å². The van der Waals surface area contributed by atoms with E-state index in [0.29, 0.717) is 12.3 Å². The summed E-state index contributed by atoms with van der Waals surface area (Å²) in [6, 6.07) is 1.89. The van der Waals surface area contributed by atoms with Gasteiger partial charge >= 0.3 is 0 Å². The van der Waals surface area contributed by atoms with Crippen molar-refractivity contribution < 1.29 is 19.3 Å². The molecule has 3 fully saturated rings. The van der Waals surface area contributed by atoms with E-state index < -0.39 is 0 Å². The summed E-state index contributed by atoms with van der Waals surface area (Å²) in [6.45, 7) is 6.89. The van der Waals surface area contributed by atoms with Gasteiger partial charge in [0.1, 0.15) is 5.75 Å². The summed E-state index contributed by atoms with van der Waals surface area (Å²) in [7, 11) is 0. The average molecular weight is 317 g/mol. The second-order valence-electron chi connectivity index (χ2n) is 6.53. The van der Waals surface area contributed by atoms with E-state index in [4.69, 9.17) is 14.2 Å². The number of phenols is 1. The maximum atomic E-state index is 10.6. The molecule has 0 aliphatic carbocycles. The van der Waals surface area contributed by atoms with Crippen LogP contribution in [0.5, 0.6) is 5.75 Å². The third-order valence-electron chi connectivity index (χ3n) is 4.55. The molecular formula is C18H23NO4. The molecular weight excluding hydrogens is 294 g/mol. The van der Waals surface area contributed by atoms with Crippen LogP contribution < -0.4 is 5.32 Å². The van der Waals surface area contributed by atoms with Crippen molar-refractivity contribution in [3.05, 3.63) is 35.4 Å². The predicted octanol–water partition coefficient (Wildman–Crippen LogP) is 1.81. The minimum absolute atomic E-state index is 0.240. The van der Waals surface area contributed by atoms with Crippen molar-refractivity contribution in [1.29, 1.82) is 0 Å². The highest BCUT2D eigenvalue weighted by Crippen LogP contribution is 2.38. The van der Waals surface area contributed by atoms with Crippen LogP contribution in [0.4, 0.5) is 5.69 Å². The van der Waals surface area contributed by atoms with Crippen molar-refractivity contribution in [2.45, 2.75) is 37.6 Å². The molecule has 3 aliphatic heterocycles. The first-order chi connectivity index (χ1) is 11.2. The minimum atomic E-state index is 0.240. The Kier molecular flexibility index (Phi) is 4.01. The summed E-state index contributed by atoms with van der Waals surface area (Å²) in [6.07, 6.45) is 5.05. The van der Waals surface area contributed by atoms with Gasteiger partial charge in [-0.1, -0.05) is 6.08 Å². The molecule has 3 saturated heterocycles. The molecule has 2 N–H and O–H groups in total. The molecule has 0 saturated carbocycles.